The first-order valence-corrected chi connectivity index (χ1v) is 24.6. The van der Waals surface area contributed by atoms with E-state index in [1.54, 1.807) is 12.3 Å². The quantitative estimate of drug-likeness (QED) is 0.152. The van der Waals surface area contributed by atoms with Crippen LogP contribution in [0.1, 0.15) is 48.0 Å². The van der Waals surface area contributed by atoms with Gasteiger partial charge < -0.3 is 4.74 Å². The molecule has 6 nitrogen and oxygen atoms in total. The van der Waals surface area contributed by atoms with Gasteiger partial charge >= 0.3 is 320 Å². The third-order valence-corrected chi connectivity index (χ3v) is 14.4. The molecular formula is C62H50N4O2Pt. The molecule has 1 aliphatic heterocycles. The third-order valence-electron chi connectivity index (χ3n) is 13.4. The standard InChI is InChI=1S/C62H50N4O2.Pt/c1-41-32-60(63-39-54(41)44-22-12-7-13-23-44)66-57-37-49(29-30-50(57)53-33-45-24-17-31-67-59(45)38-58(53)66)68-48-26-16-25-47(36-48)64-40-65(56-28-15-14-27-55(56)64)61-51(42-18-8-5-9-19-42)34-46(62(2,3)4)35-52(61)43-20-10-6-11-21-43;/h5-16,18-23,25-30,32-39H,17,24,31H2,1-4H3;/i1D3;. The van der Waals surface area contributed by atoms with Crippen LogP contribution in [-0.2, 0) is 31.2 Å². The van der Waals surface area contributed by atoms with Crippen LogP contribution in [0.25, 0.3) is 83.4 Å². The fourth-order valence-corrected chi connectivity index (χ4v) is 11.0. The van der Waals surface area contributed by atoms with Crippen molar-refractivity contribution in [2.45, 2.75) is 45.9 Å². The predicted molar refractivity (Wildman–Crippen MR) is 278 cm³/mol. The Morgan fingerprint density at radius 1 is 0.580 bits per heavy atom. The number of pyridine rings is 1. The molecule has 0 aliphatic carbocycles. The molecule has 0 amide bonds. The monoisotopic (exact) mass is 1080 g/mol. The number of hydrogen-bond donors (Lipinski definition) is 0. The predicted octanol–water partition coefficient (Wildman–Crippen LogP) is 15.7. The minimum atomic E-state index is -2.39. The minimum absolute atomic E-state index is 0.0955. The van der Waals surface area contributed by atoms with Crippen molar-refractivity contribution in [3.8, 4) is 67.8 Å². The molecule has 340 valence electrons. The van der Waals surface area contributed by atoms with Crippen LogP contribution in [0, 0.1) is 10.7 Å². The van der Waals surface area contributed by atoms with E-state index in [1.165, 1.54) is 5.56 Å². The van der Waals surface area contributed by atoms with E-state index in [0.717, 1.165) is 100.0 Å². The van der Waals surface area contributed by atoms with Crippen LogP contribution in [0.15, 0.2) is 194 Å². The maximum absolute atomic E-state index is 8.65. The summed E-state index contributed by atoms with van der Waals surface area (Å²) in [5, 5.41) is 2.04. The van der Waals surface area contributed by atoms with Crippen LogP contribution in [0.5, 0.6) is 17.2 Å². The van der Waals surface area contributed by atoms with Crippen LogP contribution in [0.3, 0.4) is 0 Å². The number of rotatable bonds is 8. The first-order valence-electron chi connectivity index (χ1n) is 25.0. The number of aromatic nitrogens is 4. The van der Waals surface area contributed by atoms with E-state index in [1.807, 2.05) is 59.2 Å². The number of imidazole rings is 1. The molecule has 8 aromatic carbocycles. The van der Waals surface area contributed by atoms with Gasteiger partial charge in [-0.25, -0.2) is 0 Å². The number of fused-ring (bicyclic) bond motifs is 5. The average Bonchev–Trinajstić information content (AvgIpc) is 3.87. The van der Waals surface area contributed by atoms with Gasteiger partial charge in [-0.15, -0.1) is 0 Å². The van der Waals surface area contributed by atoms with Gasteiger partial charge in [0.05, 0.1) is 6.61 Å². The third kappa shape index (κ3) is 7.64. The van der Waals surface area contributed by atoms with Gasteiger partial charge in [0.15, 0.2) is 0 Å². The van der Waals surface area contributed by atoms with E-state index in [-0.39, 0.29) is 11.0 Å². The molecule has 0 fully saturated rings. The maximum atomic E-state index is 8.65. The van der Waals surface area contributed by atoms with Gasteiger partial charge in [0, 0.05) is 15.9 Å². The number of para-hydroxylation sites is 2. The smallest absolute Gasteiger partial charge is 0.493 e. The van der Waals surface area contributed by atoms with Crippen LogP contribution < -0.4 is 9.47 Å². The fraction of sp³-hybridized carbons (Fsp3) is 0.129. The van der Waals surface area contributed by atoms with Crippen molar-refractivity contribution >= 4 is 32.8 Å². The number of hydrogen-bond acceptors (Lipinski definition) is 3. The second-order valence-electron chi connectivity index (χ2n) is 18.8. The van der Waals surface area contributed by atoms with Crippen LogP contribution >= 0.6 is 0 Å². The fourth-order valence-electron chi connectivity index (χ4n) is 9.94. The zero-order valence-electron chi connectivity index (χ0n) is 41.5. The van der Waals surface area contributed by atoms with Crippen molar-refractivity contribution in [1.29, 1.82) is 0 Å². The number of ether oxygens (including phenoxy) is 2. The molecule has 11 aromatic rings. The van der Waals surface area contributed by atoms with Crippen LogP contribution in [0.2, 0.25) is 0 Å². The van der Waals surface area contributed by atoms with E-state index in [4.69, 9.17) is 18.6 Å². The summed E-state index contributed by atoms with van der Waals surface area (Å²) in [6, 6.07) is 64.8. The van der Waals surface area contributed by atoms with Crippen molar-refractivity contribution in [3.63, 3.8) is 0 Å². The molecule has 0 radical (unpaired) electrons. The van der Waals surface area contributed by atoms with Crippen molar-refractivity contribution in [1.82, 2.24) is 18.7 Å². The number of nitrogens with zero attached hydrogens (tertiary/aromatic N) is 4. The molecule has 69 heavy (non-hydrogen) atoms. The van der Waals surface area contributed by atoms with Crippen LogP contribution in [-0.4, -0.2) is 25.3 Å². The molecule has 0 spiro atoms. The summed E-state index contributed by atoms with van der Waals surface area (Å²) >= 11 is 2.49. The normalized spacial score (nSPS) is 13.5. The SMILES string of the molecule is [2H]C([2H])([2H])c1cc(-n2c3cc(Oc4cccc(-n5[c](=[Pt])n(-c6c(-c7ccccc7)cc(C(C)(C)C)cc6-c6ccccc6)c6ccccc65)c4)ccc3c3cc4c(cc32)OCCC4)ncc1-c1ccccc1. The molecule has 3 aromatic heterocycles. The second kappa shape index (κ2) is 17.2. The van der Waals surface area contributed by atoms with Crippen LogP contribution in [0.4, 0.5) is 0 Å². The zero-order chi connectivity index (χ0) is 49.3. The summed E-state index contributed by atoms with van der Waals surface area (Å²) in [6.45, 7) is 5.10. The van der Waals surface area contributed by atoms with Crippen molar-refractivity contribution in [2.24, 2.45) is 0 Å². The Labute approximate surface area is 417 Å². The average molecular weight is 1080 g/mol. The Balaban J connectivity index is 1.01. The van der Waals surface area contributed by atoms with E-state index in [9.17, 15) is 0 Å². The van der Waals surface area contributed by atoms with Crippen molar-refractivity contribution in [3.05, 3.63) is 215 Å². The van der Waals surface area contributed by atoms with E-state index < -0.39 is 6.85 Å². The van der Waals surface area contributed by atoms with Gasteiger partial charge in [0.2, 0.25) is 0 Å². The summed E-state index contributed by atoms with van der Waals surface area (Å²) in [5.41, 5.74) is 14.4. The second-order valence-corrected chi connectivity index (χ2v) is 19.8. The Morgan fingerprint density at radius 3 is 1.87 bits per heavy atom. The van der Waals surface area contributed by atoms with Gasteiger partial charge in [-0.2, -0.15) is 0 Å². The summed E-state index contributed by atoms with van der Waals surface area (Å²) in [7, 11) is 0. The topological polar surface area (TPSA) is 46.1 Å². The molecule has 7 heteroatoms. The Kier molecular flexibility index (Phi) is 9.84. The summed E-state index contributed by atoms with van der Waals surface area (Å²) in [5.74, 6) is 2.63. The first kappa shape index (κ1) is 39.5. The number of benzene rings is 8. The first-order chi connectivity index (χ1) is 34.9. The van der Waals surface area contributed by atoms with Gasteiger partial charge in [0.25, 0.3) is 0 Å². The van der Waals surface area contributed by atoms with Crippen molar-refractivity contribution < 1.29 is 32.9 Å². The van der Waals surface area contributed by atoms with Gasteiger partial charge in [0.1, 0.15) is 5.75 Å². The van der Waals surface area contributed by atoms with Crippen molar-refractivity contribution in [2.75, 3.05) is 6.61 Å². The van der Waals surface area contributed by atoms with E-state index in [2.05, 4.69) is 177 Å². The molecule has 0 saturated heterocycles. The van der Waals surface area contributed by atoms with Gasteiger partial charge in [-0.1, -0.05) is 30.3 Å². The molecule has 4 heterocycles. The summed E-state index contributed by atoms with van der Waals surface area (Å²) in [6.07, 6.45) is 3.56. The minimum Gasteiger partial charge on any atom is -0.493 e. The summed E-state index contributed by atoms with van der Waals surface area (Å²) in [4.78, 5) is 4.99. The molecule has 0 bridgehead atoms. The molecule has 12 rings (SSSR count). The van der Waals surface area contributed by atoms with Gasteiger partial charge in [-0.05, 0) is 36.4 Å². The Morgan fingerprint density at radius 2 is 1.20 bits per heavy atom. The molecule has 1 aliphatic rings. The Hall–Kier alpha value is -7.53. The number of aryl methyl sites for hydroxylation is 2. The molecular weight excluding hydrogens is 1030 g/mol. The van der Waals surface area contributed by atoms with E-state index in [0.29, 0.717) is 29.5 Å². The molecule has 0 N–H and O–H groups in total. The summed E-state index contributed by atoms with van der Waals surface area (Å²) < 4.78 is 46.8. The van der Waals surface area contributed by atoms with E-state index >= 15 is 0 Å². The Bertz CT molecular complexity index is 3890. The molecule has 0 saturated carbocycles. The molecule has 0 unspecified atom stereocenters. The van der Waals surface area contributed by atoms with Gasteiger partial charge in [-0.3, -0.25) is 0 Å². The zero-order valence-corrected chi connectivity index (χ0v) is 40.8. The molecule has 0 atom stereocenters.